The topological polar surface area (TPSA) is 72.0 Å². The van der Waals surface area contributed by atoms with Crippen LogP contribution >= 0.6 is 22.6 Å². The highest BCUT2D eigenvalue weighted by molar-refractivity contribution is 14.1. The van der Waals surface area contributed by atoms with Crippen LogP contribution in [-0.2, 0) is 10.0 Å². The summed E-state index contributed by atoms with van der Waals surface area (Å²) in [6.45, 7) is 0. The molecular formula is C10H7FIN3O2S. The quantitative estimate of drug-likeness (QED) is 0.829. The molecule has 0 aliphatic rings. The fourth-order valence-electron chi connectivity index (χ4n) is 1.19. The summed E-state index contributed by atoms with van der Waals surface area (Å²) in [7, 11) is -4.06. The Labute approximate surface area is 117 Å². The first-order valence-corrected chi connectivity index (χ1v) is 7.30. The van der Waals surface area contributed by atoms with Gasteiger partial charge in [0.1, 0.15) is 5.82 Å². The van der Waals surface area contributed by atoms with Crippen molar-refractivity contribution in [1.82, 2.24) is 9.97 Å². The van der Waals surface area contributed by atoms with E-state index in [1.54, 1.807) is 6.07 Å². The van der Waals surface area contributed by atoms with Gasteiger partial charge in [0.15, 0.2) is 5.82 Å². The van der Waals surface area contributed by atoms with Gasteiger partial charge in [0.25, 0.3) is 10.0 Å². The van der Waals surface area contributed by atoms with Crippen molar-refractivity contribution >= 4 is 38.4 Å². The summed E-state index contributed by atoms with van der Waals surface area (Å²) >= 11 is 2.04. The fourth-order valence-corrected chi connectivity index (χ4v) is 2.53. The van der Waals surface area contributed by atoms with E-state index in [-0.39, 0.29) is 5.82 Å². The number of hydrogen-bond donors (Lipinski definition) is 1. The summed E-state index contributed by atoms with van der Waals surface area (Å²) in [6.07, 6.45) is 2.70. The number of nitrogens with one attached hydrogen (secondary N) is 1. The molecule has 2 aromatic heterocycles. The molecule has 0 bridgehead atoms. The van der Waals surface area contributed by atoms with Crippen molar-refractivity contribution in [3.05, 3.63) is 46.0 Å². The second kappa shape index (κ2) is 5.14. The van der Waals surface area contributed by atoms with Gasteiger partial charge in [0, 0.05) is 16.0 Å². The number of aromatic nitrogens is 2. The Hall–Kier alpha value is -1.29. The van der Waals surface area contributed by atoms with Gasteiger partial charge < -0.3 is 0 Å². The molecule has 8 heteroatoms. The molecule has 18 heavy (non-hydrogen) atoms. The van der Waals surface area contributed by atoms with Crippen LogP contribution in [0.25, 0.3) is 0 Å². The molecule has 0 spiro atoms. The maximum Gasteiger partial charge on any atom is 0.283 e. The third-order valence-corrected chi connectivity index (χ3v) is 3.87. The highest BCUT2D eigenvalue weighted by atomic mass is 127. The normalized spacial score (nSPS) is 11.2. The van der Waals surface area contributed by atoms with Crippen molar-refractivity contribution in [1.29, 1.82) is 0 Å². The van der Waals surface area contributed by atoms with Gasteiger partial charge in [-0.05, 0) is 46.9 Å². The van der Waals surface area contributed by atoms with E-state index in [1.165, 1.54) is 24.5 Å². The molecule has 1 N–H and O–H groups in total. The molecule has 0 unspecified atom stereocenters. The summed E-state index contributed by atoms with van der Waals surface area (Å²) in [5, 5.41) is -0.648. The van der Waals surface area contributed by atoms with Crippen molar-refractivity contribution in [2.24, 2.45) is 0 Å². The highest BCUT2D eigenvalue weighted by Crippen LogP contribution is 2.15. The number of halogens is 2. The SMILES string of the molecule is O=S(=O)(Nc1ccc(I)cn1)c1ncccc1F. The van der Waals surface area contributed by atoms with E-state index >= 15 is 0 Å². The van der Waals surface area contributed by atoms with Crippen molar-refractivity contribution in [3.8, 4) is 0 Å². The van der Waals surface area contributed by atoms with Crippen molar-refractivity contribution < 1.29 is 12.8 Å². The lowest BCUT2D eigenvalue weighted by Crippen LogP contribution is -2.16. The highest BCUT2D eigenvalue weighted by Gasteiger charge is 2.20. The third-order valence-electron chi connectivity index (χ3n) is 1.95. The van der Waals surface area contributed by atoms with Crippen LogP contribution in [0, 0.1) is 9.39 Å². The molecule has 2 heterocycles. The Kier molecular flexibility index (Phi) is 3.76. The molecule has 5 nitrogen and oxygen atoms in total. The lowest BCUT2D eigenvalue weighted by Gasteiger charge is -2.06. The average molecular weight is 379 g/mol. The summed E-state index contributed by atoms with van der Waals surface area (Å²) in [5.41, 5.74) is 0. The zero-order valence-corrected chi connectivity index (χ0v) is 11.8. The number of nitrogens with zero attached hydrogens (tertiary/aromatic N) is 2. The lowest BCUT2D eigenvalue weighted by molar-refractivity contribution is 0.556. The van der Waals surface area contributed by atoms with Gasteiger partial charge in [-0.15, -0.1) is 0 Å². The van der Waals surface area contributed by atoms with Crippen LogP contribution in [0.5, 0.6) is 0 Å². The van der Waals surface area contributed by atoms with Gasteiger partial charge in [-0.2, -0.15) is 8.42 Å². The standard InChI is InChI=1S/C10H7FIN3O2S/c11-8-2-1-5-13-10(8)18(16,17)15-9-4-3-7(12)6-14-9/h1-6H,(H,14,15). The molecular weight excluding hydrogens is 372 g/mol. The Morgan fingerprint density at radius 2 is 2.00 bits per heavy atom. The van der Waals surface area contributed by atoms with Gasteiger partial charge in [0.05, 0.1) is 0 Å². The van der Waals surface area contributed by atoms with Gasteiger partial charge >= 0.3 is 0 Å². The maximum atomic E-state index is 13.3. The van der Waals surface area contributed by atoms with Crippen molar-refractivity contribution in [2.75, 3.05) is 4.72 Å². The second-order valence-corrected chi connectivity index (χ2v) is 6.10. The first-order valence-electron chi connectivity index (χ1n) is 4.74. The third kappa shape index (κ3) is 2.93. The Morgan fingerprint density at radius 1 is 1.22 bits per heavy atom. The van der Waals surface area contributed by atoms with Crippen LogP contribution in [0.3, 0.4) is 0 Å². The molecule has 0 saturated carbocycles. The minimum atomic E-state index is -4.06. The number of anilines is 1. The number of sulfonamides is 1. The molecule has 94 valence electrons. The zero-order chi connectivity index (χ0) is 13.2. The molecule has 0 aromatic carbocycles. The molecule has 0 fully saturated rings. The molecule has 0 atom stereocenters. The Balaban J connectivity index is 2.33. The van der Waals surface area contributed by atoms with Gasteiger partial charge in [-0.1, -0.05) is 0 Å². The van der Waals surface area contributed by atoms with E-state index in [1.807, 2.05) is 22.6 Å². The summed E-state index contributed by atoms with van der Waals surface area (Å²) in [6, 6.07) is 5.51. The van der Waals surface area contributed by atoms with E-state index < -0.39 is 20.9 Å². The van der Waals surface area contributed by atoms with Gasteiger partial charge in [0.2, 0.25) is 5.03 Å². The predicted octanol–water partition coefficient (Wildman–Crippen LogP) is 2.02. The van der Waals surface area contributed by atoms with Crippen LogP contribution in [-0.4, -0.2) is 18.4 Å². The smallest absolute Gasteiger partial charge is 0.262 e. The molecule has 0 aliphatic heterocycles. The lowest BCUT2D eigenvalue weighted by atomic mass is 10.5. The van der Waals surface area contributed by atoms with Crippen LogP contribution in [0.15, 0.2) is 41.7 Å². The Bertz CT molecular complexity index is 661. The molecule has 0 saturated heterocycles. The summed E-state index contributed by atoms with van der Waals surface area (Å²) in [5.74, 6) is -0.795. The fraction of sp³-hybridized carbons (Fsp3) is 0. The van der Waals surface area contributed by atoms with E-state index in [0.29, 0.717) is 0 Å². The molecule has 2 aromatic rings. The van der Waals surface area contributed by atoms with E-state index in [9.17, 15) is 12.8 Å². The van der Waals surface area contributed by atoms with Crippen molar-refractivity contribution in [2.45, 2.75) is 5.03 Å². The number of rotatable bonds is 3. The number of pyridine rings is 2. The maximum absolute atomic E-state index is 13.3. The first kappa shape index (κ1) is 13.1. The van der Waals surface area contributed by atoms with Gasteiger partial charge in [-0.3, -0.25) is 4.72 Å². The largest absolute Gasteiger partial charge is 0.283 e. The van der Waals surface area contributed by atoms with Crippen LogP contribution in [0.2, 0.25) is 0 Å². The van der Waals surface area contributed by atoms with E-state index in [4.69, 9.17) is 0 Å². The van der Waals surface area contributed by atoms with Crippen LogP contribution in [0.1, 0.15) is 0 Å². The van der Waals surface area contributed by atoms with Crippen LogP contribution < -0.4 is 4.72 Å². The minimum absolute atomic E-state index is 0.112. The molecule has 0 aliphatic carbocycles. The number of hydrogen-bond acceptors (Lipinski definition) is 4. The monoisotopic (exact) mass is 379 g/mol. The van der Waals surface area contributed by atoms with Gasteiger partial charge in [-0.25, -0.2) is 14.4 Å². The van der Waals surface area contributed by atoms with Crippen LogP contribution in [0.4, 0.5) is 10.2 Å². The zero-order valence-electron chi connectivity index (χ0n) is 8.84. The first-order chi connectivity index (χ1) is 8.49. The summed E-state index contributed by atoms with van der Waals surface area (Å²) in [4.78, 5) is 7.38. The Morgan fingerprint density at radius 3 is 2.61 bits per heavy atom. The molecule has 0 radical (unpaired) electrons. The van der Waals surface area contributed by atoms with Crippen molar-refractivity contribution in [3.63, 3.8) is 0 Å². The summed E-state index contributed by atoms with van der Waals surface area (Å²) < 4.78 is 40.1. The van der Waals surface area contributed by atoms with E-state index in [2.05, 4.69) is 14.7 Å². The second-order valence-electron chi connectivity index (χ2n) is 3.26. The predicted molar refractivity (Wildman–Crippen MR) is 72.0 cm³/mol. The molecule has 2 rings (SSSR count). The average Bonchev–Trinajstić information content (AvgIpc) is 2.32. The minimum Gasteiger partial charge on any atom is -0.262 e. The molecule has 0 amide bonds. The van der Waals surface area contributed by atoms with E-state index in [0.717, 1.165) is 9.64 Å².